The molecule has 1 atom stereocenters. The zero-order valence-corrected chi connectivity index (χ0v) is 8.06. The molecule has 1 rings (SSSR count). The van der Waals surface area contributed by atoms with Crippen LogP contribution in [0.1, 0.15) is 5.56 Å². The predicted octanol–water partition coefficient (Wildman–Crippen LogP) is 2.16. The highest BCUT2D eigenvalue weighted by atomic mass is 79.9. The Labute approximate surface area is 76.0 Å². The standard InChI is InChI=1S/C7H7BrO2S/c8-5-6-1-3-7(4-2-6)11(9)10/h1-4H,5H2,(H,9,10). The van der Waals surface area contributed by atoms with Crippen molar-refractivity contribution in [3.05, 3.63) is 29.8 Å². The van der Waals surface area contributed by atoms with Crippen LogP contribution in [-0.4, -0.2) is 8.76 Å². The molecule has 4 heteroatoms. The van der Waals surface area contributed by atoms with Gasteiger partial charge in [-0.15, -0.1) is 0 Å². The maximum absolute atomic E-state index is 10.5. The molecule has 0 bridgehead atoms. The second-order valence-corrected chi connectivity index (χ2v) is 3.56. The number of hydrogen-bond donors (Lipinski definition) is 1. The molecular formula is C7H7BrO2S. The van der Waals surface area contributed by atoms with Crippen LogP contribution in [0.15, 0.2) is 29.2 Å². The van der Waals surface area contributed by atoms with E-state index < -0.39 is 11.1 Å². The summed E-state index contributed by atoms with van der Waals surface area (Å²) in [5.74, 6) is 0. The zero-order valence-electron chi connectivity index (χ0n) is 5.66. The fourth-order valence-corrected chi connectivity index (χ4v) is 1.44. The van der Waals surface area contributed by atoms with Gasteiger partial charge in [0.25, 0.3) is 0 Å². The first-order valence-corrected chi connectivity index (χ1v) is 5.22. The van der Waals surface area contributed by atoms with Gasteiger partial charge in [-0.05, 0) is 17.7 Å². The van der Waals surface area contributed by atoms with Crippen molar-refractivity contribution >= 4 is 27.0 Å². The Balaban J connectivity index is 2.91. The van der Waals surface area contributed by atoms with Crippen LogP contribution in [0.2, 0.25) is 0 Å². The minimum Gasteiger partial charge on any atom is -0.302 e. The largest absolute Gasteiger partial charge is 0.302 e. The van der Waals surface area contributed by atoms with Crippen molar-refractivity contribution in [3.63, 3.8) is 0 Å². The lowest BCUT2D eigenvalue weighted by atomic mass is 10.2. The van der Waals surface area contributed by atoms with Gasteiger partial charge in [0.2, 0.25) is 0 Å². The minimum atomic E-state index is -1.85. The Bertz CT molecular complexity index is 258. The molecule has 0 radical (unpaired) electrons. The van der Waals surface area contributed by atoms with Crippen LogP contribution >= 0.6 is 15.9 Å². The van der Waals surface area contributed by atoms with E-state index in [4.69, 9.17) is 4.55 Å². The highest BCUT2D eigenvalue weighted by Crippen LogP contribution is 2.09. The molecule has 11 heavy (non-hydrogen) atoms. The summed E-state index contributed by atoms with van der Waals surface area (Å²) in [6.45, 7) is 0. The second kappa shape index (κ2) is 3.99. The van der Waals surface area contributed by atoms with E-state index in [1.54, 1.807) is 12.1 Å². The molecule has 0 spiro atoms. The van der Waals surface area contributed by atoms with Crippen LogP contribution < -0.4 is 0 Å². The molecule has 1 N–H and O–H groups in total. The fourth-order valence-electron chi connectivity index (χ4n) is 0.695. The summed E-state index contributed by atoms with van der Waals surface area (Å²) in [5.41, 5.74) is 1.10. The van der Waals surface area contributed by atoms with Crippen LogP contribution in [0.3, 0.4) is 0 Å². The first kappa shape index (κ1) is 8.90. The maximum atomic E-state index is 10.5. The van der Waals surface area contributed by atoms with E-state index in [9.17, 15) is 4.21 Å². The van der Waals surface area contributed by atoms with Gasteiger partial charge in [-0.3, -0.25) is 0 Å². The van der Waals surface area contributed by atoms with Crippen molar-refractivity contribution in [1.82, 2.24) is 0 Å². The van der Waals surface area contributed by atoms with Gasteiger partial charge in [0.1, 0.15) is 0 Å². The van der Waals surface area contributed by atoms with Crippen LogP contribution in [0, 0.1) is 0 Å². The molecule has 0 fully saturated rings. The van der Waals surface area contributed by atoms with Gasteiger partial charge in [0, 0.05) is 5.33 Å². The van der Waals surface area contributed by atoms with Gasteiger partial charge in [-0.2, -0.15) is 0 Å². The van der Waals surface area contributed by atoms with Crippen molar-refractivity contribution in [2.75, 3.05) is 0 Å². The molecule has 1 unspecified atom stereocenters. The Morgan fingerprint density at radius 1 is 1.36 bits per heavy atom. The third kappa shape index (κ3) is 2.39. The normalized spacial score (nSPS) is 12.9. The average molecular weight is 235 g/mol. The molecule has 1 aromatic carbocycles. The summed E-state index contributed by atoms with van der Waals surface area (Å²) >= 11 is 1.43. The molecule has 60 valence electrons. The maximum Gasteiger partial charge on any atom is 0.186 e. The SMILES string of the molecule is O=S(O)c1ccc(CBr)cc1. The lowest BCUT2D eigenvalue weighted by Crippen LogP contribution is -1.87. The highest BCUT2D eigenvalue weighted by molar-refractivity contribution is 9.08. The summed E-state index contributed by atoms with van der Waals surface area (Å²) in [4.78, 5) is 0.440. The van der Waals surface area contributed by atoms with Gasteiger partial charge in [-0.25, -0.2) is 4.21 Å². The van der Waals surface area contributed by atoms with Crippen molar-refractivity contribution < 1.29 is 8.76 Å². The lowest BCUT2D eigenvalue weighted by Gasteiger charge is -1.95. The summed E-state index contributed by atoms with van der Waals surface area (Å²) < 4.78 is 19.1. The van der Waals surface area contributed by atoms with Gasteiger partial charge in [0.15, 0.2) is 11.1 Å². The van der Waals surface area contributed by atoms with E-state index in [1.165, 1.54) is 0 Å². The van der Waals surface area contributed by atoms with Crippen LogP contribution in [-0.2, 0) is 16.4 Å². The van der Waals surface area contributed by atoms with Crippen molar-refractivity contribution in [1.29, 1.82) is 0 Å². The Hall–Kier alpha value is -0.190. The summed E-state index contributed by atoms with van der Waals surface area (Å²) in [7, 11) is 0. The number of rotatable bonds is 2. The van der Waals surface area contributed by atoms with E-state index in [0.29, 0.717) is 4.90 Å². The summed E-state index contributed by atoms with van der Waals surface area (Å²) in [6, 6.07) is 6.93. The topological polar surface area (TPSA) is 37.3 Å². The molecule has 2 nitrogen and oxygen atoms in total. The molecule has 0 aliphatic carbocycles. The van der Waals surface area contributed by atoms with E-state index in [1.807, 2.05) is 12.1 Å². The van der Waals surface area contributed by atoms with Crippen LogP contribution in [0.4, 0.5) is 0 Å². The summed E-state index contributed by atoms with van der Waals surface area (Å²) in [5, 5.41) is 0.769. The first-order valence-electron chi connectivity index (χ1n) is 3.00. The van der Waals surface area contributed by atoms with Crippen LogP contribution in [0.25, 0.3) is 0 Å². The molecule has 0 saturated carbocycles. The van der Waals surface area contributed by atoms with Gasteiger partial charge >= 0.3 is 0 Å². The van der Waals surface area contributed by atoms with E-state index in [2.05, 4.69) is 15.9 Å². The van der Waals surface area contributed by atoms with Crippen molar-refractivity contribution in [2.45, 2.75) is 10.2 Å². The zero-order chi connectivity index (χ0) is 8.27. The molecular weight excluding hydrogens is 228 g/mol. The third-order valence-corrected chi connectivity index (χ3v) is 2.60. The lowest BCUT2D eigenvalue weighted by molar-refractivity contribution is 0.564. The van der Waals surface area contributed by atoms with Gasteiger partial charge in [-0.1, -0.05) is 28.1 Å². The number of hydrogen-bond acceptors (Lipinski definition) is 1. The molecule has 0 saturated heterocycles. The number of benzene rings is 1. The van der Waals surface area contributed by atoms with E-state index >= 15 is 0 Å². The highest BCUT2D eigenvalue weighted by Gasteiger charge is 1.97. The van der Waals surface area contributed by atoms with Gasteiger partial charge in [0.05, 0.1) is 4.90 Å². The van der Waals surface area contributed by atoms with Gasteiger partial charge < -0.3 is 4.55 Å². The predicted molar refractivity (Wildman–Crippen MR) is 48.1 cm³/mol. The quantitative estimate of drug-likeness (QED) is 0.630. The molecule has 1 aromatic rings. The monoisotopic (exact) mass is 234 g/mol. The van der Waals surface area contributed by atoms with E-state index in [0.717, 1.165) is 10.9 Å². The molecule has 0 amide bonds. The average Bonchev–Trinajstić information content (AvgIpc) is 2.05. The number of halogens is 1. The minimum absolute atomic E-state index is 0.440. The third-order valence-electron chi connectivity index (χ3n) is 1.28. The Kier molecular flexibility index (Phi) is 3.23. The van der Waals surface area contributed by atoms with Crippen molar-refractivity contribution in [3.8, 4) is 0 Å². The molecule has 0 aliphatic heterocycles. The number of alkyl halides is 1. The second-order valence-electron chi connectivity index (χ2n) is 2.03. The van der Waals surface area contributed by atoms with Crippen LogP contribution in [0.5, 0.6) is 0 Å². The molecule has 0 aliphatic rings. The first-order chi connectivity index (χ1) is 5.24. The Morgan fingerprint density at radius 3 is 2.27 bits per heavy atom. The summed E-state index contributed by atoms with van der Waals surface area (Å²) in [6.07, 6.45) is 0. The molecule has 0 heterocycles. The van der Waals surface area contributed by atoms with Crippen molar-refractivity contribution in [2.24, 2.45) is 0 Å². The fraction of sp³-hybridized carbons (Fsp3) is 0.143. The smallest absolute Gasteiger partial charge is 0.186 e. The molecule has 0 aromatic heterocycles. The van der Waals surface area contributed by atoms with E-state index in [-0.39, 0.29) is 0 Å². The Morgan fingerprint density at radius 2 is 1.91 bits per heavy atom.